The normalized spacial score (nSPS) is 18.6. The molecule has 3 aromatic carbocycles. The van der Waals surface area contributed by atoms with Crippen molar-refractivity contribution in [3.8, 4) is 0 Å². The molecule has 10 nitrogen and oxygen atoms in total. The lowest BCUT2D eigenvalue weighted by Crippen LogP contribution is -2.43. The first kappa shape index (κ1) is 30.2. The summed E-state index contributed by atoms with van der Waals surface area (Å²) in [7, 11) is 0. The number of ether oxygens (including phenoxy) is 1. The smallest absolute Gasteiger partial charge is 0.410 e. The topological polar surface area (TPSA) is 117 Å². The van der Waals surface area contributed by atoms with Gasteiger partial charge in [-0.15, -0.1) is 0 Å². The molecule has 5 aromatic rings. The first-order valence-corrected chi connectivity index (χ1v) is 16.2. The van der Waals surface area contributed by atoms with E-state index in [1.807, 2.05) is 72.8 Å². The number of furan rings is 1. The second-order valence-corrected chi connectivity index (χ2v) is 12.3. The van der Waals surface area contributed by atoms with Gasteiger partial charge in [-0.25, -0.2) is 9.79 Å². The maximum atomic E-state index is 13.8. The third-order valence-electron chi connectivity index (χ3n) is 8.19. The second kappa shape index (κ2) is 13.5. The van der Waals surface area contributed by atoms with Gasteiger partial charge < -0.3 is 14.5 Å². The van der Waals surface area contributed by atoms with E-state index >= 15 is 0 Å². The lowest BCUT2D eigenvalue weighted by Gasteiger charge is -2.23. The molecule has 2 aliphatic heterocycles. The molecule has 0 spiro atoms. The highest BCUT2D eigenvalue weighted by Crippen LogP contribution is 2.42. The number of nitrogens with zero attached hydrogens (tertiary/aromatic N) is 4. The van der Waals surface area contributed by atoms with Crippen molar-refractivity contribution in [2.45, 2.75) is 37.3 Å². The molecular weight excluding hydrogens is 614 g/mol. The molecule has 2 fully saturated rings. The van der Waals surface area contributed by atoms with Gasteiger partial charge in [-0.3, -0.25) is 24.4 Å². The maximum Gasteiger partial charge on any atom is 0.410 e. The van der Waals surface area contributed by atoms with Crippen LogP contribution in [0.25, 0.3) is 10.8 Å². The highest BCUT2D eigenvalue weighted by Gasteiger charge is 2.40. The first-order valence-electron chi connectivity index (χ1n) is 15.3. The molecule has 2 atom stereocenters. The number of pyridine rings is 1. The van der Waals surface area contributed by atoms with E-state index in [0.717, 1.165) is 27.6 Å². The molecule has 2 saturated heterocycles. The van der Waals surface area contributed by atoms with Crippen LogP contribution in [0, 0.1) is 0 Å². The van der Waals surface area contributed by atoms with Gasteiger partial charge in [-0.05, 0) is 65.8 Å². The van der Waals surface area contributed by atoms with Crippen LogP contribution in [0.5, 0.6) is 0 Å². The number of carbonyl (C=O) groups excluding carboxylic acids is 3. The summed E-state index contributed by atoms with van der Waals surface area (Å²) in [6, 6.07) is 27.4. The van der Waals surface area contributed by atoms with E-state index in [1.165, 1.54) is 16.7 Å². The highest BCUT2D eigenvalue weighted by atomic mass is 32.2. The molecule has 47 heavy (non-hydrogen) atoms. The van der Waals surface area contributed by atoms with Crippen molar-refractivity contribution in [1.29, 1.82) is 0 Å². The largest absolute Gasteiger partial charge is 0.467 e. The summed E-state index contributed by atoms with van der Waals surface area (Å²) < 4.78 is 11.0. The Hall–Kier alpha value is -5.42. The lowest BCUT2D eigenvalue weighted by molar-refractivity contribution is -0.126. The number of rotatable bonds is 8. The average molecular weight is 646 g/mol. The molecular formula is C36H31N5O5S. The van der Waals surface area contributed by atoms with Crippen LogP contribution in [-0.2, 0) is 27.5 Å². The fourth-order valence-corrected chi connectivity index (χ4v) is 6.95. The van der Waals surface area contributed by atoms with Crippen LogP contribution < -0.4 is 5.32 Å². The van der Waals surface area contributed by atoms with Gasteiger partial charge in [0.05, 0.1) is 18.5 Å². The van der Waals surface area contributed by atoms with Crippen LogP contribution in [0.4, 0.5) is 16.2 Å². The molecule has 7 rings (SSSR count). The number of thioether (sulfide) groups is 1. The summed E-state index contributed by atoms with van der Waals surface area (Å²) in [4.78, 5) is 52.2. The van der Waals surface area contributed by atoms with Gasteiger partial charge in [0.1, 0.15) is 23.7 Å². The fraction of sp³-hybridized carbons (Fsp3) is 0.194. The van der Waals surface area contributed by atoms with Crippen molar-refractivity contribution in [2.75, 3.05) is 11.9 Å². The fourth-order valence-electron chi connectivity index (χ4n) is 5.78. The number of hydrogen-bond donors (Lipinski definition) is 1. The number of carbonyl (C=O) groups is 3. The Kier molecular flexibility index (Phi) is 8.70. The quantitative estimate of drug-likeness (QED) is 0.192. The molecule has 0 aliphatic carbocycles. The van der Waals surface area contributed by atoms with E-state index in [0.29, 0.717) is 36.0 Å². The van der Waals surface area contributed by atoms with Gasteiger partial charge in [0, 0.05) is 30.0 Å². The summed E-state index contributed by atoms with van der Waals surface area (Å²) >= 11 is 1.37. The summed E-state index contributed by atoms with van der Waals surface area (Å²) in [6.07, 6.45) is 5.86. The summed E-state index contributed by atoms with van der Waals surface area (Å²) in [5.74, 6) is 0.257. The van der Waals surface area contributed by atoms with E-state index < -0.39 is 17.4 Å². The zero-order chi connectivity index (χ0) is 32.2. The molecule has 236 valence electrons. The zero-order valence-electron chi connectivity index (χ0n) is 25.3. The number of hydrogen-bond acceptors (Lipinski definition) is 8. The predicted molar refractivity (Wildman–Crippen MR) is 180 cm³/mol. The van der Waals surface area contributed by atoms with Crippen LogP contribution in [0.2, 0.25) is 0 Å². The molecule has 0 radical (unpaired) electrons. The Morgan fingerprint density at radius 3 is 2.66 bits per heavy atom. The van der Waals surface area contributed by atoms with Gasteiger partial charge in [0.2, 0.25) is 11.8 Å². The van der Waals surface area contributed by atoms with Crippen LogP contribution in [0.15, 0.2) is 119 Å². The Morgan fingerprint density at radius 1 is 1.00 bits per heavy atom. The van der Waals surface area contributed by atoms with E-state index in [4.69, 9.17) is 14.1 Å². The monoisotopic (exact) mass is 645 g/mol. The lowest BCUT2D eigenvalue weighted by atomic mass is 10.1. The minimum atomic E-state index is -0.622. The number of amides is 3. The van der Waals surface area contributed by atoms with Crippen molar-refractivity contribution in [3.05, 3.63) is 127 Å². The molecule has 2 aromatic heterocycles. The predicted octanol–water partition coefficient (Wildman–Crippen LogP) is 7.07. The van der Waals surface area contributed by atoms with Crippen molar-refractivity contribution in [2.24, 2.45) is 4.99 Å². The number of likely N-dealkylation sites (tertiary alicyclic amines) is 1. The molecule has 2 aliphatic rings. The summed E-state index contributed by atoms with van der Waals surface area (Å²) in [5.41, 5.74) is 2.95. The molecule has 0 bridgehead atoms. The number of aromatic nitrogens is 1. The van der Waals surface area contributed by atoms with Crippen LogP contribution in [0.3, 0.4) is 0 Å². The molecule has 11 heteroatoms. The number of nitrogens with one attached hydrogen (secondary N) is 1. The van der Waals surface area contributed by atoms with Crippen LogP contribution in [0.1, 0.15) is 35.0 Å². The first-order chi connectivity index (χ1) is 23.0. The van der Waals surface area contributed by atoms with Crippen LogP contribution in [-0.4, -0.2) is 50.4 Å². The average Bonchev–Trinajstić information content (AvgIpc) is 3.87. The van der Waals surface area contributed by atoms with E-state index in [1.54, 1.807) is 41.8 Å². The van der Waals surface area contributed by atoms with E-state index in [-0.39, 0.29) is 25.0 Å². The number of amidine groups is 1. The number of fused-ring (bicyclic) bond motifs is 1. The molecule has 4 heterocycles. The van der Waals surface area contributed by atoms with Crippen molar-refractivity contribution >= 4 is 57.0 Å². The van der Waals surface area contributed by atoms with E-state index in [2.05, 4.69) is 10.3 Å². The number of benzene rings is 3. The Bertz CT molecular complexity index is 1930. The van der Waals surface area contributed by atoms with Gasteiger partial charge in [0.15, 0.2) is 5.17 Å². The minimum absolute atomic E-state index is 0.115. The van der Waals surface area contributed by atoms with Crippen LogP contribution >= 0.6 is 11.8 Å². The van der Waals surface area contributed by atoms with Crippen molar-refractivity contribution < 1.29 is 23.5 Å². The minimum Gasteiger partial charge on any atom is -0.467 e. The van der Waals surface area contributed by atoms with E-state index in [9.17, 15) is 14.4 Å². The molecule has 1 unspecified atom stereocenters. The molecule has 3 amide bonds. The summed E-state index contributed by atoms with van der Waals surface area (Å²) in [6.45, 7) is 0.852. The third kappa shape index (κ3) is 6.61. The number of aliphatic imine (C=N–C) groups is 1. The second-order valence-electron chi connectivity index (χ2n) is 11.3. The molecule has 1 N–H and O–H groups in total. The number of anilines is 1. The Labute approximate surface area is 275 Å². The highest BCUT2D eigenvalue weighted by molar-refractivity contribution is 8.15. The standard InChI is InChI=1S/C36H31N5O5S/c42-33(31-12-5-19-40(31)36(44)46-23-24-7-2-1-3-8-24)38-27-15-13-26(14-16-27)32-34(43)41(22-28-10-6-20-45-28)35(47-32)39-30-11-4-9-25-17-18-37-21-29(25)30/h1-4,6-11,13-18,20-21,31-32H,5,12,19,22-23H2,(H,38,42)/t31-,32?/m1/s1. The summed E-state index contributed by atoms with van der Waals surface area (Å²) in [5, 5.41) is 4.86. The Morgan fingerprint density at radius 2 is 1.85 bits per heavy atom. The van der Waals surface area contributed by atoms with Crippen molar-refractivity contribution in [1.82, 2.24) is 14.8 Å². The third-order valence-corrected chi connectivity index (χ3v) is 9.42. The van der Waals surface area contributed by atoms with Crippen molar-refractivity contribution in [3.63, 3.8) is 0 Å². The SMILES string of the molecule is O=C(Nc1ccc(C2SC(=Nc3cccc4ccncc34)N(Cc3ccco3)C2=O)cc1)[C@H]1CCCN1C(=O)OCc1ccccc1. The zero-order valence-corrected chi connectivity index (χ0v) is 26.1. The van der Waals surface area contributed by atoms with Gasteiger partial charge in [-0.2, -0.15) is 0 Å². The van der Waals surface area contributed by atoms with Gasteiger partial charge >= 0.3 is 6.09 Å². The van der Waals surface area contributed by atoms with Gasteiger partial charge in [0.25, 0.3) is 0 Å². The Balaban J connectivity index is 1.05. The maximum absolute atomic E-state index is 13.8. The van der Waals surface area contributed by atoms with Gasteiger partial charge in [-0.1, -0.05) is 66.4 Å². The molecule has 0 saturated carbocycles.